The molecule has 0 bridgehead atoms. The van der Waals surface area contributed by atoms with Crippen LogP contribution in [0.1, 0.15) is 10.6 Å². The number of nitrogens with one attached hydrogen (secondary N) is 1. The van der Waals surface area contributed by atoms with E-state index in [0.717, 1.165) is 0 Å². The minimum atomic E-state index is -0.604. The first-order valence-electron chi connectivity index (χ1n) is 4.86. The van der Waals surface area contributed by atoms with Crippen molar-refractivity contribution < 1.29 is 9.53 Å². The Labute approximate surface area is 111 Å². The summed E-state index contributed by atoms with van der Waals surface area (Å²) >= 11 is 3.35. The van der Waals surface area contributed by atoms with Crippen LogP contribution in [-0.4, -0.2) is 44.9 Å². The zero-order chi connectivity index (χ0) is 13.1. The largest absolute Gasteiger partial charge is 0.463 e. The number of nitrogens with zero attached hydrogens (tertiary/aromatic N) is 5. The van der Waals surface area contributed by atoms with Gasteiger partial charge in [-0.05, 0) is 15.9 Å². The Morgan fingerprint density at radius 3 is 2.89 bits per heavy atom. The number of esters is 1. The van der Waals surface area contributed by atoms with Crippen molar-refractivity contribution in [3.8, 4) is 5.82 Å². The zero-order valence-corrected chi connectivity index (χ0v) is 11.2. The summed E-state index contributed by atoms with van der Waals surface area (Å²) in [5.41, 5.74) is 0. The van der Waals surface area contributed by atoms with E-state index in [-0.39, 0.29) is 5.82 Å². The molecule has 0 spiro atoms. The number of aromatic nitrogens is 5. The van der Waals surface area contributed by atoms with Gasteiger partial charge in [-0.1, -0.05) is 0 Å². The zero-order valence-electron chi connectivity index (χ0n) is 9.59. The SMILES string of the molecule is CNc1ncnc(-n2cnc(C(=O)OC)n2)c1Br. The highest BCUT2D eigenvalue weighted by molar-refractivity contribution is 9.10. The van der Waals surface area contributed by atoms with Gasteiger partial charge in [0.05, 0.1) is 7.11 Å². The van der Waals surface area contributed by atoms with E-state index in [0.29, 0.717) is 16.1 Å². The van der Waals surface area contributed by atoms with Crippen LogP contribution in [0.15, 0.2) is 17.1 Å². The summed E-state index contributed by atoms with van der Waals surface area (Å²) < 4.78 is 6.51. The van der Waals surface area contributed by atoms with Crippen LogP contribution in [0.2, 0.25) is 0 Å². The number of hydrogen-bond donors (Lipinski definition) is 1. The number of ether oxygens (including phenoxy) is 1. The van der Waals surface area contributed by atoms with E-state index in [4.69, 9.17) is 0 Å². The van der Waals surface area contributed by atoms with Crippen LogP contribution in [0.5, 0.6) is 0 Å². The van der Waals surface area contributed by atoms with Crippen LogP contribution in [-0.2, 0) is 4.74 Å². The average Bonchev–Trinajstić information content (AvgIpc) is 2.87. The van der Waals surface area contributed by atoms with Gasteiger partial charge in [0, 0.05) is 7.05 Å². The summed E-state index contributed by atoms with van der Waals surface area (Å²) in [7, 11) is 3.00. The van der Waals surface area contributed by atoms with Crippen molar-refractivity contribution in [1.82, 2.24) is 24.7 Å². The van der Waals surface area contributed by atoms with Gasteiger partial charge in [-0.2, -0.15) is 0 Å². The van der Waals surface area contributed by atoms with Gasteiger partial charge in [0.1, 0.15) is 22.9 Å². The molecule has 1 N–H and O–H groups in total. The Hall–Kier alpha value is -2.03. The fourth-order valence-corrected chi connectivity index (χ4v) is 1.83. The normalized spacial score (nSPS) is 10.2. The first-order valence-corrected chi connectivity index (χ1v) is 5.65. The summed E-state index contributed by atoms with van der Waals surface area (Å²) in [5, 5.41) is 6.87. The Morgan fingerprint density at radius 1 is 1.44 bits per heavy atom. The number of anilines is 1. The third-order valence-electron chi connectivity index (χ3n) is 2.08. The molecule has 0 fully saturated rings. The fourth-order valence-electron chi connectivity index (χ4n) is 1.24. The fraction of sp³-hybridized carbons (Fsp3) is 0.222. The molecule has 0 saturated carbocycles. The summed E-state index contributed by atoms with van der Waals surface area (Å²) in [6, 6.07) is 0. The monoisotopic (exact) mass is 312 g/mol. The molecule has 0 atom stereocenters. The predicted molar refractivity (Wildman–Crippen MR) is 65.5 cm³/mol. The molecule has 0 radical (unpaired) electrons. The van der Waals surface area contributed by atoms with Gasteiger partial charge in [-0.25, -0.2) is 24.4 Å². The maximum absolute atomic E-state index is 11.2. The molecule has 94 valence electrons. The maximum atomic E-state index is 11.2. The molecule has 2 rings (SSSR count). The summed E-state index contributed by atoms with van der Waals surface area (Å²) in [6.07, 6.45) is 2.75. The van der Waals surface area contributed by atoms with Crippen molar-refractivity contribution in [2.45, 2.75) is 0 Å². The summed E-state index contributed by atoms with van der Waals surface area (Å²) in [4.78, 5) is 23.2. The molecule has 18 heavy (non-hydrogen) atoms. The van der Waals surface area contributed by atoms with Crippen LogP contribution < -0.4 is 5.32 Å². The molecule has 0 aliphatic carbocycles. The molecule has 2 heterocycles. The molecule has 2 aromatic heterocycles. The van der Waals surface area contributed by atoms with Crippen LogP contribution in [0.4, 0.5) is 5.82 Å². The molecular formula is C9H9BrN6O2. The van der Waals surface area contributed by atoms with Crippen LogP contribution in [0.3, 0.4) is 0 Å². The highest BCUT2D eigenvalue weighted by Crippen LogP contribution is 2.24. The van der Waals surface area contributed by atoms with E-state index in [1.165, 1.54) is 24.4 Å². The van der Waals surface area contributed by atoms with Crippen LogP contribution in [0.25, 0.3) is 5.82 Å². The van der Waals surface area contributed by atoms with Gasteiger partial charge in [0.2, 0.25) is 0 Å². The third-order valence-corrected chi connectivity index (χ3v) is 2.81. The summed E-state index contributed by atoms with van der Waals surface area (Å²) in [6.45, 7) is 0. The van der Waals surface area contributed by atoms with Gasteiger partial charge in [-0.3, -0.25) is 0 Å². The highest BCUT2D eigenvalue weighted by Gasteiger charge is 2.15. The molecule has 9 heteroatoms. The lowest BCUT2D eigenvalue weighted by Gasteiger charge is -2.06. The van der Waals surface area contributed by atoms with E-state index in [2.05, 4.69) is 46.0 Å². The second kappa shape index (κ2) is 5.08. The average molecular weight is 313 g/mol. The Bertz CT molecular complexity index is 584. The minimum absolute atomic E-state index is 0.0333. The molecule has 0 aliphatic heterocycles. The predicted octanol–water partition coefficient (Wildman–Crippen LogP) is 0.648. The number of hydrogen-bond acceptors (Lipinski definition) is 7. The van der Waals surface area contributed by atoms with Gasteiger partial charge in [-0.15, -0.1) is 5.10 Å². The van der Waals surface area contributed by atoms with E-state index >= 15 is 0 Å². The van der Waals surface area contributed by atoms with E-state index in [9.17, 15) is 4.79 Å². The lowest BCUT2D eigenvalue weighted by Crippen LogP contribution is -2.07. The van der Waals surface area contributed by atoms with Crippen molar-refractivity contribution in [2.24, 2.45) is 0 Å². The Morgan fingerprint density at radius 2 is 2.22 bits per heavy atom. The lowest BCUT2D eigenvalue weighted by molar-refractivity contribution is 0.0587. The van der Waals surface area contributed by atoms with Crippen molar-refractivity contribution in [3.63, 3.8) is 0 Å². The number of rotatable bonds is 3. The van der Waals surface area contributed by atoms with Gasteiger partial charge >= 0.3 is 5.97 Å². The third kappa shape index (κ3) is 2.16. The van der Waals surface area contributed by atoms with E-state index in [1.807, 2.05) is 0 Å². The second-order valence-corrected chi connectivity index (χ2v) is 3.91. The van der Waals surface area contributed by atoms with Crippen molar-refractivity contribution in [3.05, 3.63) is 23.0 Å². The minimum Gasteiger partial charge on any atom is -0.463 e. The number of methoxy groups -OCH3 is 1. The first kappa shape index (κ1) is 12.4. The molecule has 2 aromatic rings. The molecule has 8 nitrogen and oxygen atoms in total. The second-order valence-electron chi connectivity index (χ2n) is 3.11. The van der Waals surface area contributed by atoms with Crippen LogP contribution in [0, 0.1) is 0 Å². The first-order chi connectivity index (χ1) is 8.67. The van der Waals surface area contributed by atoms with Gasteiger partial charge in [0.25, 0.3) is 5.82 Å². The standard InChI is InChI=1S/C9H9BrN6O2/c1-11-6-5(10)8(13-3-12-6)16-4-14-7(15-16)9(17)18-2/h3-4H,1-2H3,(H,11,12,13). The Balaban J connectivity index is 2.43. The number of carbonyl (C=O) groups excluding carboxylic acids is 1. The van der Waals surface area contributed by atoms with Crippen molar-refractivity contribution in [1.29, 1.82) is 0 Å². The van der Waals surface area contributed by atoms with E-state index in [1.54, 1.807) is 7.05 Å². The molecule has 0 unspecified atom stereocenters. The Kier molecular flexibility index (Phi) is 3.51. The molecule has 0 aliphatic rings. The maximum Gasteiger partial charge on any atom is 0.377 e. The molecule has 0 amide bonds. The van der Waals surface area contributed by atoms with Gasteiger partial charge in [0.15, 0.2) is 5.82 Å². The lowest BCUT2D eigenvalue weighted by atomic mass is 10.5. The van der Waals surface area contributed by atoms with Crippen LogP contribution >= 0.6 is 15.9 Å². The van der Waals surface area contributed by atoms with Gasteiger partial charge < -0.3 is 10.1 Å². The van der Waals surface area contributed by atoms with Crippen molar-refractivity contribution >= 4 is 27.7 Å². The smallest absolute Gasteiger partial charge is 0.377 e. The molecular weight excluding hydrogens is 304 g/mol. The summed E-state index contributed by atoms with van der Waals surface area (Å²) in [5.74, 6) is 0.439. The molecule has 0 saturated heterocycles. The molecule has 0 aromatic carbocycles. The quantitative estimate of drug-likeness (QED) is 0.831. The number of carbonyl (C=O) groups is 1. The number of halogens is 1. The topological polar surface area (TPSA) is 94.8 Å². The highest BCUT2D eigenvalue weighted by atomic mass is 79.9. The van der Waals surface area contributed by atoms with E-state index < -0.39 is 5.97 Å². The van der Waals surface area contributed by atoms with Crippen molar-refractivity contribution in [2.75, 3.05) is 19.5 Å².